The van der Waals surface area contributed by atoms with E-state index in [-0.39, 0.29) is 11.5 Å². The van der Waals surface area contributed by atoms with Gasteiger partial charge < -0.3 is 9.88 Å². The highest BCUT2D eigenvalue weighted by Gasteiger charge is 2.26. The van der Waals surface area contributed by atoms with E-state index in [1.165, 1.54) is 0 Å². The Balaban J connectivity index is 1.72. The van der Waals surface area contributed by atoms with Crippen molar-refractivity contribution < 1.29 is 4.79 Å². The van der Waals surface area contributed by atoms with Crippen molar-refractivity contribution in [1.82, 2.24) is 9.88 Å². The lowest BCUT2D eigenvalue weighted by atomic mass is 10.1. The van der Waals surface area contributed by atoms with Gasteiger partial charge in [-0.1, -0.05) is 25.1 Å². The van der Waals surface area contributed by atoms with Crippen LogP contribution in [0.5, 0.6) is 0 Å². The summed E-state index contributed by atoms with van der Waals surface area (Å²) in [5, 5.41) is 1.01. The van der Waals surface area contributed by atoms with Crippen LogP contribution in [0.25, 0.3) is 10.9 Å². The third kappa shape index (κ3) is 2.91. The normalized spacial score (nSPS) is 18.0. The number of para-hydroxylation sites is 1. The molecule has 1 aromatic heterocycles. The first kappa shape index (κ1) is 14.8. The quantitative estimate of drug-likeness (QED) is 0.943. The number of H-pyrrole nitrogens is 1. The van der Waals surface area contributed by atoms with Gasteiger partial charge in [0.2, 0.25) is 5.91 Å². The van der Waals surface area contributed by atoms with Gasteiger partial charge in [-0.15, -0.1) is 0 Å². The number of nitrogens with zero attached hydrogens (tertiary/aromatic N) is 1. The molecule has 1 amide bonds. The Hall–Kier alpha value is -2.10. The van der Waals surface area contributed by atoms with Gasteiger partial charge in [-0.2, -0.15) is 0 Å². The monoisotopic (exact) mass is 298 g/mol. The molecular weight excluding hydrogens is 276 g/mol. The number of nitrogens with one attached hydrogen (secondary N) is 1. The number of hydrogen-bond donors (Lipinski definition) is 1. The maximum Gasteiger partial charge on any atom is 0.251 e. The summed E-state index contributed by atoms with van der Waals surface area (Å²) in [6.07, 6.45) is 4.14. The Kier molecular flexibility index (Phi) is 4.27. The molecule has 4 nitrogen and oxygen atoms in total. The molecule has 4 heteroatoms. The molecule has 1 atom stereocenters. The number of likely N-dealkylation sites (tertiary alicyclic amines) is 1. The largest absolute Gasteiger partial charge is 0.340 e. The van der Waals surface area contributed by atoms with Crippen molar-refractivity contribution in [2.24, 2.45) is 0 Å². The van der Waals surface area contributed by atoms with Crippen molar-refractivity contribution in [2.45, 2.75) is 45.1 Å². The molecule has 1 aliphatic heterocycles. The van der Waals surface area contributed by atoms with Gasteiger partial charge >= 0.3 is 0 Å². The van der Waals surface area contributed by atoms with Crippen LogP contribution in [0.1, 0.15) is 38.2 Å². The second-order valence-corrected chi connectivity index (χ2v) is 6.00. The van der Waals surface area contributed by atoms with Crippen molar-refractivity contribution in [3.05, 3.63) is 46.2 Å². The summed E-state index contributed by atoms with van der Waals surface area (Å²) in [6, 6.07) is 10.0. The number of benzene rings is 1. The minimum atomic E-state index is -0.0834. The molecule has 0 radical (unpaired) electrons. The zero-order chi connectivity index (χ0) is 15.5. The molecule has 1 saturated heterocycles. The Morgan fingerprint density at radius 1 is 1.36 bits per heavy atom. The Labute approximate surface area is 130 Å². The van der Waals surface area contributed by atoms with Crippen LogP contribution < -0.4 is 5.56 Å². The number of pyridine rings is 1. The van der Waals surface area contributed by atoms with Crippen molar-refractivity contribution in [2.75, 3.05) is 6.54 Å². The molecule has 2 heterocycles. The first-order valence-corrected chi connectivity index (χ1v) is 8.09. The van der Waals surface area contributed by atoms with Gasteiger partial charge in [0.1, 0.15) is 0 Å². The summed E-state index contributed by atoms with van der Waals surface area (Å²) in [7, 11) is 0. The molecule has 22 heavy (non-hydrogen) atoms. The average Bonchev–Trinajstić information content (AvgIpc) is 3.01. The minimum absolute atomic E-state index is 0.0834. The van der Waals surface area contributed by atoms with Crippen molar-refractivity contribution >= 4 is 16.8 Å². The average molecular weight is 298 g/mol. The molecule has 116 valence electrons. The van der Waals surface area contributed by atoms with E-state index in [0.29, 0.717) is 24.4 Å². The molecule has 1 fully saturated rings. The zero-order valence-corrected chi connectivity index (χ0v) is 13.0. The first-order valence-electron chi connectivity index (χ1n) is 8.09. The highest BCUT2D eigenvalue weighted by atomic mass is 16.2. The molecular formula is C18H22N2O2. The Bertz CT molecular complexity index is 735. The summed E-state index contributed by atoms with van der Waals surface area (Å²) in [5.74, 6) is 0.178. The molecule has 2 aromatic rings. The second-order valence-electron chi connectivity index (χ2n) is 6.00. The van der Waals surface area contributed by atoms with Crippen LogP contribution in [0.2, 0.25) is 0 Å². The van der Waals surface area contributed by atoms with Crippen LogP contribution in [-0.2, 0) is 11.2 Å². The van der Waals surface area contributed by atoms with E-state index in [1.54, 1.807) is 0 Å². The number of amides is 1. The lowest BCUT2D eigenvalue weighted by Crippen LogP contribution is -2.35. The van der Waals surface area contributed by atoms with Crippen molar-refractivity contribution in [3.63, 3.8) is 0 Å². The third-order valence-corrected chi connectivity index (χ3v) is 4.61. The number of carbonyl (C=O) groups is 1. The standard InChI is InChI=1S/C18H22N2O2/c1-2-15-7-5-11-20(15)17(21)10-9-14-12-13-6-3-4-8-16(13)19-18(14)22/h3-4,6,8,12,15H,2,5,7,9-11H2,1H3,(H,19,22). The summed E-state index contributed by atoms with van der Waals surface area (Å²) in [4.78, 5) is 29.4. The topological polar surface area (TPSA) is 53.2 Å². The molecule has 0 bridgehead atoms. The molecule has 3 rings (SSSR count). The molecule has 0 saturated carbocycles. The smallest absolute Gasteiger partial charge is 0.251 e. The van der Waals surface area contributed by atoms with Crippen LogP contribution in [0.4, 0.5) is 0 Å². The van der Waals surface area contributed by atoms with Gasteiger partial charge in [-0.05, 0) is 43.2 Å². The fourth-order valence-corrected chi connectivity index (χ4v) is 3.35. The lowest BCUT2D eigenvalue weighted by Gasteiger charge is -2.23. The summed E-state index contributed by atoms with van der Waals surface area (Å²) in [5.41, 5.74) is 1.45. The van der Waals surface area contributed by atoms with E-state index in [2.05, 4.69) is 11.9 Å². The van der Waals surface area contributed by atoms with Gasteiger partial charge in [-0.25, -0.2) is 0 Å². The van der Waals surface area contributed by atoms with Gasteiger partial charge in [0, 0.05) is 30.1 Å². The number of aromatic nitrogens is 1. The van der Waals surface area contributed by atoms with Crippen LogP contribution in [-0.4, -0.2) is 28.4 Å². The SMILES string of the molecule is CCC1CCCN1C(=O)CCc1cc2ccccc2[nH]c1=O. The second kappa shape index (κ2) is 6.34. The third-order valence-electron chi connectivity index (χ3n) is 4.61. The first-order chi connectivity index (χ1) is 10.7. The molecule has 0 aliphatic carbocycles. The summed E-state index contributed by atoms with van der Waals surface area (Å²) >= 11 is 0. The molecule has 1 aromatic carbocycles. The van der Waals surface area contributed by atoms with Crippen LogP contribution in [0.15, 0.2) is 35.1 Å². The number of hydrogen-bond acceptors (Lipinski definition) is 2. The number of aryl methyl sites for hydroxylation is 1. The minimum Gasteiger partial charge on any atom is -0.340 e. The van der Waals surface area contributed by atoms with E-state index >= 15 is 0 Å². The van der Waals surface area contributed by atoms with Gasteiger partial charge in [0.25, 0.3) is 5.56 Å². The molecule has 0 spiro atoms. The highest BCUT2D eigenvalue weighted by molar-refractivity contribution is 5.79. The van der Waals surface area contributed by atoms with E-state index in [1.807, 2.05) is 35.2 Å². The van der Waals surface area contributed by atoms with Crippen LogP contribution >= 0.6 is 0 Å². The van der Waals surface area contributed by atoms with Crippen LogP contribution in [0, 0.1) is 0 Å². The van der Waals surface area contributed by atoms with Crippen molar-refractivity contribution in [3.8, 4) is 0 Å². The predicted octanol–water partition coefficient (Wildman–Crippen LogP) is 2.86. The van der Waals surface area contributed by atoms with E-state index in [0.717, 1.165) is 36.7 Å². The number of carbonyl (C=O) groups excluding carboxylic acids is 1. The van der Waals surface area contributed by atoms with Crippen LogP contribution in [0.3, 0.4) is 0 Å². The van der Waals surface area contributed by atoms with Gasteiger partial charge in [0.05, 0.1) is 0 Å². The number of aromatic amines is 1. The Morgan fingerprint density at radius 2 is 2.18 bits per heavy atom. The maximum atomic E-state index is 12.4. The molecule has 1 aliphatic rings. The molecule has 1 unspecified atom stereocenters. The predicted molar refractivity (Wildman–Crippen MR) is 87.9 cm³/mol. The fraction of sp³-hybridized carbons (Fsp3) is 0.444. The van der Waals surface area contributed by atoms with E-state index in [4.69, 9.17) is 0 Å². The summed E-state index contributed by atoms with van der Waals surface area (Å²) < 4.78 is 0. The fourth-order valence-electron chi connectivity index (χ4n) is 3.35. The van der Waals surface area contributed by atoms with E-state index in [9.17, 15) is 9.59 Å². The van der Waals surface area contributed by atoms with Gasteiger partial charge in [-0.3, -0.25) is 9.59 Å². The number of rotatable bonds is 4. The molecule has 1 N–H and O–H groups in total. The van der Waals surface area contributed by atoms with E-state index < -0.39 is 0 Å². The summed E-state index contributed by atoms with van der Waals surface area (Å²) in [6.45, 7) is 3.00. The lowest BCUT2D eigenvalue weighted by molar-refractivity contribution is -0.132. The highest BCUT2D eigenvalue weighted by Crippen LogP contribution is 2.21. The Morgan fingerprint density at radius 3 is 3.00 bits per heavy atom. The van der Waals surface area contributed by atoms with Crippen molar-refractivity contribution in [1.29, 1.82) is 0 Å². The zero-order valence-electron chi connectivity index (χ0n) is 13.0. The van der Waals surface area contributed by atoms with Gasteiger partial charge in [0.15, 0.2) is 0 Å². The maximum absolute atomic E-state index is 12.4. The number of fused-ring (bicyclic) bond motifs is 1.